The van der Waals surface area contributed by atoms with Crippen LogP contribution in [0.2, 0.25) is 0 Å². The van der Waals surface area contributed by atoms with Crippen molar-refractivity contribution in [3.63, 3.8) is 0 Å². The lowest BCUT2D eigenvalue weighted by Crippen LogP contribution is -2.55. The Labute approximate surface area is 187 Å². The first-order chi connectivity index (χ1) is 15.6. The van der Waals surface area contributed by atoms with Crippen LogP contribution in [0, 0.1) is 0 Å². The van der Waals surface area contributed by atoms with Crippen LogP contribution >= 0.6 is 0 Å². The van der Waals surface area contributed by atoms with E-state index in [4.69, 9.17) is 0 Å². The smallest absolute Gasteiger partial charge is 0.262 e. The van der Waals surface area contributed by atoms with Crippen molar-refractivity contribution in [1.29, 1.82) is 0 Å². The van der Waals surface area contributed by atoms with Gasteiger partial charge in [-0.15, -0.1) is 0 Å². The Balaban J connectivity index is 1.58. The number of carbonyl (C=O) groups excluding carboxylic acids is 3. The fraction of sp³-hybridized carbons (Fsp3) is 0.222. The number of hydrogen-bond acceptors (Lipinski definition) is 3. The van der Waals surface area contributed by atoms with Gasteiger partial charge in [-0.1, -0.05) is 60.7 Å². The lowest BCUT2D eigenvalue weighted by molar-refractivity contribution is -0.123. The molecule has 0 bridgehead atoms. The fourth-order valence-corrected chi connectivity index (χ4v) is 4.80. The Kier molecular flexibility index (Phi) is 5.10. The number of imide groups is 1. The van der Waals surface area contributed by atoms with Gasteiger partial charge in [-0.2, -0.15) is 0 Å². The number of amides is 3. The largest absolute Gasteiger partial charge is 0.308 e. The SMILES string of the molecule is C[C@H]1CCc2ccccc2N1C(=O)[C@H](Cc1ccccc1)N1C(=O)c2ccccc2C1=O. The molecule has 5 nitrogen and oxygen atoms in total. The van der Waals surface area contributed by atoms with Crippen LogP contribution in [-0.2, 0) is 17.6 Å². The summed E-state index contributed by atoms with van der Waals surface area (Å²) in [6, 6.07) is 23.3. The van der Waals surface area contributed by atoms with E-state index in [1.807, 2.05) is 61.5 Å². The molecule has 3 aromatic rings. The fourth-order valence-electron chi connectivity index (χ4n) is 4.80. The zero-order chi connectivity index (χ0) is 22.2. The number of carbonyl (C=O) groups is 3. The lowest BCUT2D eigenvalue weighted by atomic mass is 9.94. The van der Waals surface area contributed by atoms with Crippen molar-refractivity contribution in [1.82, 2.24) is 4.90 Å². The van der Waals surface area contributed by atoms with E-state index in [1.165, 1.54) is 4.90 Å². The first kappa shape index (κ1) is 20.2. The zero-order valence-corrected chi connectivity index (χ0v) is 17.9. The van der Waals surface area contributed by atoms with Gasteiger partial charge >= 0.3 is 0 Å². The van der Waals surface area contributed by atoms with Gasteiger partial charge in [0.1, 0.15) is 6.04 Å². The van der Waals surface area contributed by atoms with E-state index in [9.17, 15) is 14.4 Å². The molecule has 0 aliphatic carbocycles. The van der Waals surface area contributed by atoms with Crippen LogP contribution in [0.25, 0.3) is 0 Å². The quantitative estimate of drug-likeness (QED) is 0.588. The van der Waals surface area contributed by atoms with E-state index in [0.717, 1.165) is 29.7 Å². The summed E-state index contributed by atoms with van der Waals surface area (Å²) in [7, 11) is 0. The number of benzene rings is 3. The lowest BCUT2D eigenvalue weighted by Gasteiger charge is -2.39. The molecular weight excluding hydrogens is 400 g/mol. The van der Waals surface area contributed by atoms with Gasteiger partial charge < -0.3 is 4.90 Å². The van der Waals surface area contributed by atoms with Gasteiger partial charge in [0.2, 0.25) is 0 Å². The van der Waals surface area contributed by atoms with Crippen LogP contribution in [0.3, 0.4) is 0 Å². The van der Waals surface area contributed by atoms with Crippen molar-refractivity contribution in [2.24, 2.45) is 0 Å². The van der Waals surface area contributed by atoms with Crippen LogP contribution in [0.15, 0.2) is 78.9 Å². The van der Waals surface area contributed by atoms with E-state index in [2.05, 4.69) is 0 Å². The highest BCUT2D eigenvalue weighted by atomic mass is 16.2. The third-order valence-electron chi connectivity index (χ3n) is 6.45. The normalized spacial score (nSPS) is 18.3. The molecule has 0 spiro atoms. The van der Waals surface area contributed by atoms with E-state index in [-0.39, 0.29) is 18.4 Å². The van der Waals surface area contributed by atoms with Crippen LogP contribution < -0.4 is 4.90 Å². The number of fused-ring (bicyclic) bond motifs is 2. The average Bonchev–Trinajstić information content (AvgIpc) is 3.08. The summed E-state index contributed by atoms with van der Waals surface area (Å²) in [5, 5.41) is 0. The molecule has 0 saturated heterocycles. The molecule has 160 valence electrons. The monoisotopic (exact) mass is 424 g/mol. The van der Waals surface area contributed by atoms with Crippen LogP contribution in [0.5, 0.6) is 0 Å². The average molecular weight is 425 g/mol. The molecule has 0 radical (unpaired) electrons. The van der Waals surface area contributed by atoms with E-state index < -0.39 is 17.9 Å². The highest BCUT2D eigenvalue weighted by Crippen LogP contribution is 2.33. The molecule has 3 aromatic carbocycles. The molecule has 2 aliphatic heterocycles. The van der Waals surface area contributed by atoms with Gasteiger partial charge in [-0.25, -0.2) is 0 Å². The predicted molar refractivity (Wildman–Crippen MR) is 123 cm³/mol. The Morgan fingerprint density at radius 1 is 0.875 bits per heavy atom. The van der Waals surface area contributed by atoms with Crippen molar-refractivity contribution in [3.05, 3.63) is 101 Å². The number of rotatable bonds is 4. The third kappa shape index (κ3) is 3.30. The van der Waals surface area contributed by atoms with E-state index in [1.54, 1.807) is 29.2 Å². The third-order valence-corrected chi connectivity index (χ3v) is 6.45. The highest BCUT2D eigenvalue weighted by Gasteiger charge is 2.45. The second-order valence-corrected chi connectivity index (χ2v) is 8.46. The Hall–Kier alpha value is -3.73. The van der Waals surface area contributed by atoms with Gasteiger partial charge in [-0.05, 0) is 49.1 Å². The Morgan fingerprint density at radius 2 is 1.47 bits per heavy atom. The van der Waals surface area contributed by atoms with Crippen molar-refractivity contribution in [2.75, 3.05) is 4.90 Å². The maximum Gasteiger partial charge on any atom is 0.262 e. The minimum Gasteiger partial charge on any atom is -0.308 e. The van der Waals surface area contributed by atoms with Gasteiger partial charge in [0, 0.05) is 18.2 Å². The first-order valence-corrected chi connectivity index (χ1v) is 11.0. The van der Waals surface area contributed by atoms with Crippen molar-refractivity contribution in [3.8, 4) is 0 Å². The van der Waals surface area contributed by atoms with Gasteiger partial charge in [0.25, 0.3) is 17.7 Å². The van der Waals surface area contributed by atoms with Crippen LogP contribution in [0.4, 0.5) is 5.69 Å². The van der Waals surface area contributed by atoms with Crippen LogP contribution in [0.1, 0.15) is 45.2 Å². The molecule has 5 heteroatoms. The molecule has 0 unspecified atom stereocenters. The molecule has 32 heavy (non-hydrogen) atoms. The number of hydrogen-bond donors (Lipinski definition) is 0. The molecule has 0 saturated carbocycles. The summed E-state index contributed by atoms with van der Waals surface area (Å²) in [4.78, 5) is 43.6. The molecule has 2 atom stereocenters. The summed E-state index contributed by atoms with van der Waals surface area (Å²) in [5.74, 6) is -1.03. The van der Waals surface area contributed by atoms with Crippen molar-refractivity contribution >= 4 is 23.4 Å². The molecule has 0 fully saturated rings. The van der Waals surface area contributed by atoms with Crippen LogP contribution in [-0.4, -0.2) is 34.7 Å². The summed E-state index contributed by atoms with van der Waals surface area (Å²) >= 11 is 0. The standard InChI is InChI=1S/C27H24N2O3/c1-18-15-16-20-11-5-8-14-23(20)28(18)27(32)24(17-19-9-3-2-4-10-19)29-25(30)21-12-6-7-13-22(21)26(29)31/h2-14,18,24H,15-17H2,1H3/t18-,24-/m0/s1. The molecule has 2 heterocycles. The molecule has 2 aliphatic rings. The summed E-state index contributed by atoms with van der Waals surface area (Å²) < 4.78 is 0. The maximum atomic E-state index is 14.1. The summed E-state index contributed by atoms with van der Waals surface area (Å²) in [5.41, 5.74) is 3.59. The van der Waals surface area contributed by atoms with Gasteiger partial charge in [0.15, 0.2) is 0 Å². The number of anilines is 1. The zero-order valence-electron chi connectivity index (χ0n) is 17.9. The molecular formula is C27H24N2O3. The first-order valence-electron chi connectivity index (χ1n) is 11.0. The van der Waals surface area contributed by atoms with Gasteiger partial charge in [-0.3, -0.25) is 19.3 Å². The summed E-state index contributed by atoms with van der Waals surface area (Å²) in [6.07, 6.45) is 2.01. The predicted octanol–water partition coefficient (Wildman–Crippen LogP) is 4.26. The maximum absolute atomic E-state index is 14.1. The van der Waals surface area contributed by atoms with Gasteiger partial charge in [0.05, 0.1) is 11.1 Å². The topological polar surface area (TPSA) is 57.7 Å². The Bertz CT molecular complexity index is 1170. The molecule has 3 amide bonds. The second-order valence-electron chi connectivity index (χ2n) is 8.46. The number of aryl methyl sites for hydroxylation is 1. The van der Waals surface area contributed by atoms with E-state index >= 15 is 0 Å². The Morgan fingerprint density at radius 3 is 2.16 bits per heavy atom. The molecule has 0 N–H and O–H groups in total. The second kappa shape index (κ2) is 8.08. The van der Waals surface area contributed by atoms with Crippen molar-refractivity contribution < 1.29 is 14.4 Å². The minimum absolute atomic E-state index is 0.0224. The minimum atomic E-state index is -0.918. The summed E-state index contributed by atoms with van der Waals surface area (Å²) in [6.45, 7) is 2.02. The highest BCUT2D eigenvalue weighted by molar-refractivity contribution is 6.23. The van der Waals surface area contributed by atoms with Crippen molar-refractivity contribution in [2.45, 2.75) is 38.3 Å². The number of nitrogens with zero attached hydrogens (tertiary/aromatic N) is 2. The molecule has 0 aromatic heterocycles. The number of para-hydroxylation sites is 1. The molecule has 5 rings (SSSR count). The van der Waals surface area contributed by atoms with E-state index in [0.29, 0.717) is 11.1 Å².